The molecule has 0 radical (unpaired) electrons. The number of anilines is 2. The minimum atomic E-state index is -0.567. The second kappa shape index (κ2) is 4.64. The molecule has 1 aliphatic rings. The molecule has 0 aliphatic carbocycles. The van der Waals surface area contributed by atoms with Gasteiger partial charge in [0.2, 0.25) is 5.91 Å². The van der Waals surface area contributed by atoms with E-state index in [9.17, 15) is 9.59 Å². The number of primary amides is 1. The van der Waals surface area contributed by atoms with Gasteiger partial charge in [0.15, 0.2) is 0 Å². The van der Waals surface area contributed by atoms with E-state index < -0.39 is 5.91 Å². The molecule has 1 atom stereocenters. The minimum absolute atomic E-state index is 0.0800. The Morgan fingerprint density at radius 1 is 1.30 bits per heavy atom. The number of benzene rings is 1. The molecular formula is C14H13N3O2S. The van der Waals surface area contributed by atoms with Crippen LogP contribution < -0.4 is 16.8 Å². The third-order valence-electron chi connectivity index (χ3n) is 3.40. The Morgan fingerprint density at radius 2 is 2.00 bits per heavy atom. The smallest absolute Gasteiger partial charge is 0.260 e. The van der Waals surface area contributed by atoms with E-state index in [-0.39, 0.29) is 11.8 Å². The zero-order valence-electron chi connectivity index (χ0n) is 10.6. The van der Waals surface area contributed by atoms with Gasteiger partial charge in [-0.15, -0.1) is 11.3 Å². The number of nitrogen functional groups attached to an aromatic ring is 1. The molecule has 0 spiro atoms. The highest BCUT2D eigenvalue weighted by Gasteiger charge is 2.32. The Morgan fingerprint density at radius 3 is 2.65 bits per heavy atom. The normalized spacial score (nSPS) is 17.4. The van der Waals surface area contributed by atoms with Crippen molar-refractivity contribution in [1.82, 2.24) is 0 Å². The fourth-order valence-electron chi connectivity index (χ4n) is 2.51. The zero-order chi connectivity index (χ0) is 14.3. The fraction of sp³-hybridized carbons (Fsp3) is 0.143. The first-order valence-corrected chi connectivity index (χ1v) is 6.96. The van der Waals surface area contributed by atoms with E-state index in [0.29, 0.717) is 22.0 Å². The van der Waals surface area contributed by atoms with Crippen molar-refractivity contribution in [3.8, 4) is 0 Å². The maximum absolute atomic E-state index is 11.8. The predicted octanol–water partition coefficient (Wildman–Crippen LogP) is 1.90. The number of nitrogens with one attached hydrogen (secondary N) is 1. The van der Waals surface area contributed by atoms with Crippen LogP contribution in [0, 0.1) is 0 Å². The Labute approximate surface area is 119 Å². The molecule has 1 aromatic carbocycles. The molecule has 20 heavy (non-hydrogen) atoms. The first-order valence-electron chi connectivity index (χ1n) is 6.14. The largest absolute Gasteiger partial charge is 0.397 e. The Hall–Kier alpha value is -2.34. The van der Waals surface area contributed by atoms with E-state index in [0.717, 1.165) is 22.5 Å². The van der Waals surface area contributed by atoms with Gasteiger partial charge >= 0.3 is 0 Å². The van der Waals surface area contributed by atoms with Gasteiger partial charge in [-0.25, -0.2) is 0 Å². The number of carbonyl (C=O) groups is 2. The highest BCUT2D eigenvalue weighted by atomic mass is 32.1. The summed E-state index contributed by atoms with van der Waals surface area (Å²) in [6.45, 7) is 0. The number of carbonyl (C=O) groups excluding carboxylic acids is 2. The van der Waals surface area contributed by atoms with Crippen molar-refractivity contribution in [2.75, 3.05) is 11.1 Å². The first-order chi connectivity index (χ1) is 9.58. The molecule has 2 heterocycles. The molecule has 1 aromatic heterocycles. The average molecular weight is 287 g/mol. The molecule has 0 fully saturated rings. The summed E-state index contributed by atoms with van der Waals surface area (Å²) in [6, 6.07) is 9.65. The summed E-state index contributed by atoms with van der Waals surface area (Å²) in [7, 11) is 0. The third-order valence-corrected chi connectivity index (χ3v) is 4.55. The molecule has 0 saturated carbocycles. The lowest BCUT2D eigenvalue weighted by atomic mass is 9.86. The number of fused-ring (bicyclic) bond motifs is 1. The molecule has 102 valence electrons. The monoisotopic (exact) mass is 287 g/mol. The van der Waals surface area contributed by atoms with Gasteiger partial charge in [-0.1, -0.05) is 30.3 Å². The van der Waals surface area contributed by atoms with Crippen LogP contribution in [-0.4, -0.2) is 11.8 Å². The number of hydrogen-bond acceptors (Lipinski definition) is 4. The molecule has 0 bridgehead atoms. The molecular weight excluding hydrogens is 274 g/mol. The maximum atomic E-state index is 11.8. The molecule has 1 unspecified atom stereocenters. The van der Waals surface area contributed by atoms with Gasteiger partial charge in [0.25, 0.3) is 5.91 Å². The lowest BCUT2D eigenvalue weighted by Gasteiger charge is -2.23. The maximum Gasteiger partial charge on any atom is 0.260 e. The van der Waals surface area contributed by atoms with Crippen LogP contribution in [0.5, 0.6) is 0 Å². The Bertz CT molecular complexity index is 694. The summed E-state index contributed by atoms with van der Waals surface area (Å²) in [5.41, 5.74) is 13.6. The van der Waals surface area contributed by atoms with E-state index in [1.807, 2.05) is 30.3 Å². The van der Waals surface area contributed by atoms with Crippen molar-refractivity contribution >= 4 is 33.8 Å². The standard InChI is InChI=1S/C14H13N3O2S/c15-11-10-8(7-4-2-1-3-5-7)6-9(18)17-14(10)20-12(11)13(16)19/h1-5,8H,6,15H2,(H2,16,19)(H,17,18). The topological polar surface area (TPSA) is 98.2 Å². The van der Waals surface area contributed by atoms with Gasteiger partial charge in [-0.05, 0) is 5.56 Å². The molecule has 5 nitrogen and oxygen atoms in total. The van der Waals surface area contributed by atoms with Gasteiger partial charge in [0.1, 0.15) is 9.88 Å². The van der Waals surface area contributed by atoms with Crippen molar-refractivity contribution in [3.63, 3.8) is 0 Å². The Kier molecular flexibility index (Phi) is 2.94. The quantitative estimate of drug-likeness (QED) is 0.786. The van der Waals surface area contributed by atoms with Gasteiger partial charge in [-0.3, -0.25) is 9.59 Å². The number of hydrogen-bond donors (Lipinski definition) is 3. The molecule has 1 aliphatic heterocycles. The number of rotatable bonds is 2. The molecule has 6 heteroatoms. The van der Waals surface area contributed by atoms with Crippen molar-refractivity contribution in [1.29, 1.82) is 0 Å². The number of thiophene rings is 1. The Balaban J connectivity index is 2.17. The first kappa shape index (κ1) is 12.7. The van der Waals surface area contributed by atoms with E-state index in [2.05, 4.69) is 5.32 Å². The van der Waals surface area contributed by atoms with Crippen LogP contribution in [0.25, 0.3) is 0 Å². The van der Waals surface area contributed by atoms with E-state index >= 15 is 0 Å². The van der Waals surface area contributed by atoms with Crippen molar-refractivity contribution in [3.05, 3.63) is 46.3 Å². The van der Waals surface area contributed by atoms with Gasteiger partial charge in [0.05, 0.1) is 5.69 Å². The van der Waals surface area contributed by atoms with E-state index in [1.54, 1.807) is 0 Å². The highest BCUT2D eigenvalue weighted by Crippen LogP contribution is 2.46. The van der Waals surface area contributed by atoms with Crippen LogP contribution in [0.4, 0.5) is 10.7 Å². The van der Waals surface area contributed by atoms with Crippen molar-refractivity contribution < 1.29 is 9.59 Å². The number of nitrogens with two attached hydrogens (primary N) is 2. The molecule has 2 amide bonds. The third kappa shape index (κ3) is 1.94. The van der Waals surface area contributed by atoms with Crippen LogP contribution in [0.1, 0.15) is 33.1 Å². The lowest BCUT2D eigenvalue weighted by molar-refractivity contribution is -0.116. The fourth-order valence-corrected chi connectivity index (χ4v) is 3.57. The van der Waals surface area contributed by atoms with Crippen molar-refractivity contribution in [2.45, 2.75) is 12.3 Å². The zero-order valence-corrected chi connectivity index (χ0v) is 11.4. The van der Waals surface area contributed by atoms with E-state index in [1.165, 1.54) is 0 Å². The summed E-state index contributed by atoms with van der Waals surface area (Å²) in [6.07, 6.45) is 0.316. The molecule has 2 aromatic rings. The predicted molar refractivity (Wildman–Crippen MR) is 78.8 cm³/mol. The second-order valence-electron chi connectivity index (χ2n) is 4.67. The van der Waals surface area contributed by atoms with Crippen LogP contribution in [0.3, 0.4) is 0 Å². The van der Waals surface area contributed by atoms with Crippen LogP contribution in [-0.2, 0) is 4.79 Å². The van der Waals surface area contributed by atoms with Crippen LogP contribution in [0.2, 0.25) is 0 Å². The summed E-state index contributed by atoms with van der Waals surface area (Å²) in [4.78, 5) is 23.5. The van der Waals surface area contributed by atoms with Gasteiger partial charge in [0, 0.05) is 17.9 Å². The summed E-state index contributed by atoms with van der Waals surface area (Å²) in [5, 5.41) is 3.39. The second-order valence-corrected chi connectivity index (χ2v) is 5.69. The average Bonchev–Trinajstić information content (AvgIpc) is 2.76. The lowest BCUT2D eigenvalue weighted by Crippen LogP contribution is -2.22. The van der Waals surface area contributed by atoms with Crippen molar-refractivity contribution in [2.24, 2.45) is 5.73 Å². The van der Waals surface area contributed by atoms with Crippen LogP contribution >= 0.6 is 11.3 Å². The highest BCUT2D eigenvalue weighted by molar-refractivity contribution is 7.19. The summed E-state index contributed by atoms with van der Waals surface area (Å²) in [5.74, 6) is -0.782. The number of amides is 2. The SMILES string of the molecule is NC(=O)c1sc2c(c1N)C(c1ccccc1)CC(=O)N2. The van der Waals surface area contributed by atoms with Gasteiger partial charge in [-0.2, -0.15) is 0 Å². The van der Waals surface area contributed by atoms with Gasteiger partial charge < -0.3 is 16.8 Å². The molecule has 5 N–H and O–H groups in total. The minimum Gasteiger partial charge on any atom is -0.397 e. The summed E-state index contributed by atoms with van der Waals surface area (Å²) >= 11 is 1.14. The molecule has 3 rings (SSSR count). The van der Waals surface area contributed by atoms with Crippen LogP contribution in [0.15, 0.2) is 30.3 Å². The van der Waals surface area contributed by atoms with E-state index in [4.69, 9.17) is 11.5 Å². The molecule has 0 saturated heterocycles. The summed E-state index contributed by atoms with van der Waals surface area (Å²) < 4.78 is 0.